The van der Waals surface area contributed by atoms with Gasteiger partial charge in [-0.3, -0.25) is 4.79 Å². The number of nitrogens with one attached hydrogen (secondary N) is 1. The summed E-state index contributed by atoms with van der Waals surface area (Å²) in [6, 6.07) is 6.84. The van der Waals surface area contributed by atoms with Crippen molar-refractivity contribution in [3.63, 3.8) is 0 Å². The van der Waals surface area contributed by atoms with Crippen LogP contribution < -0.4 is 4.72 Å². The summed E-state index contributed by atoms with van der Waals surface area (Å²) in [6.07, 6.45) is 0. The quantitative estimate of drug-likeness (QED) is 0.581. The molecule has 1 N–H and O–H groups in total. The highest BCUT2D eigenvalue weighted by molar-refractivity contribution is 7.89. The van der Waals surface area contributed by atoms with Crippen molar-refractivity contribution in [3.8, 4) is 0 Å². The van der Waals surface area contributed by atoms with Gasteiger partial charge in [-0.05, 0) is 43.7 Å². The number of rotatable bonds is 8. The number of aryl methyl sites for hydroxylation is 2. The zero-order valence-corrected chi connectivity index (χ0v) is 18.2. The molecule has 28 heavy (non-hydrogen) atoms. The van der Waals surface area contributed by atoms with Crippen molar-refractivity contribution in [2.24, 2.45) is 0 Å². The fraction of sp³-hybridized carbons (Fsp3) is 0.333. The fourth-order valence-electron chi connectivity index (χ4n) is 2.87. The second-order valence-electron chi connectivity index (χ2n) is 6.35. The van der Waals surface area contributed by atoms with E-state index >= 15 is 0 Å². The number of carbonyl (C=O) groups excluding carboxylic acids is 1. The fourth-order valence-corrected chi connectivity index (χ4v) is 5.83. The highest BCUT2D eigenvalue weighted by atomic mass is 32.2. The summed E-state index contributed by atoms with van der Waals surface area (Å²) < 4.78 is 32.9. The van der Waals surface area contributed by atoms with Crippen molar-refractivity contribution >= 4 is 38.6 Å². The molecule has 0 bridgehead atoms. The van der Waals surface area contributed by atoms with Crippen LogP contribution in [-0.4, -0.2) is 30.4 Å². The summed E-state index contributed by atoms with van der Waals surface area (Å²) in [5.41, 5.74) is 0.263. The molecule has 0 radical (unpaired) electrons. The van der Waals surface area contributed by atoms with E-state index in [1.165, 1.54) is 6.92 Å². The van der Waals surface area contributed by atoms with Crippen LogP contribution in [0.2, 0.25) is 0 Å². The molecule has 0 saturated heterocycles. The van der Waals surface area contributed by atoms with E-state index in [0.717, 1.165) is 9.75 Å². The van der Waals surface area contributed by atoms with Gasteiger partial charge in [0.25, 0.3) is 0 Å². The van der Waals surface area contributed by atoms with Gasteiger partial charge in [0.15, 0.2) is 5.76 Å². The Hall–Kier alpha value is -2.01. The predicted molar refractivity (Wildman–Crippen MR) is 109 cm³/mol. The van der Waals surface area contributed by atoms with Crippen molar-refractivity contribution in [2.45, 2.75) is 44.8 Å². The van der Waals surface area contributed by atoms with Crippen LogP contribution in [0.3, 0.4) is 0 Å². The van der Waals surface area contributed by atoms with Crippen LogP contribution in [0.5, 0.6) is 0 Å². The Morgan fingerprint density at radius 3 is 2.18 bits per heavy atom. The summed E-state index contributed by atoms with van der Waals surface area (Å²) in [5.74, 6) is -0.101. The number of amides is 1. The van der Waals surface area contributed by atoms with Crippen molar-refractivity contribution in [2.75, 3.05) is 0 Å². The Morgan fingerprint density at radius 1 is 1.18 bits per heavy atom. The molecule has 3 aromatic heterocycles. The zero-order chi connectivity index (χ0) is 20.3. The van der Waals surface area contributed by atoms with E-state index in [1.54, 1.807) is 41.4 Å². The Kier molecular flexibility index (Phi) is 6.33. The standard InChI is InChI=1S/C18H21N3O4S3/c1-12-17(14(3)25-19-12)28(23,24)20-13(2)18(22)21(10-15-6-4-8-26-15)11-16-7-5-9-27-16/h4-9,13,20H,10-11H2,1-3H3/t13-/m0/s1. The SMILES string of the molecule is Cc1noc(C)c1S(=O)(=O)N[C@@H](C)C(=O)N(Cc1cccs1)Cc1cccs1. The van der Waals surface area contributed by atoms with Gasteiger partial charge in [-0.15, -0.1) is 22.7 Å². The molecule has 0 fully saturated rings. The molecule has 0 aromatic carbocycles. The normalized spacial score (nSPS) is 12.8. The van der Waals surface area contributed by atoms with E-state index in [-0.39, 0.29) is 22.3 Å². The number of sulfonamides is 1. The molecule has 0 spiro atoms. The minimum atomic E-state index is -3.93. The van der Waals surface area contributed by atoms with Gasteiger partial charge >= 0.3 is 0 Å². The number of carbonyl (C=O) groups is 1. The van der Waals surface area contributed by atoms with Gasteiger partial charge in [-0.1, -0.05) is 17.3 Å². The zero-order valence-electron chi connectivity index (χ0n) is 15.7. The van der Waals surface area contributed by atoms with Gasteiger partial charge in [-0.2, -0.15) is 4.72 Å². The summed E-state index contributed by atoms with van der Waals surface area (Å²) in [6.45, 7) is 5.48. The second kappa shape index (κ2) is 8.56. The molecule has 150 valence electrons. The van der Waals surface area contributed by atoms with Crippen molar-refractivity contribution in [1.82, 2.24) is 14.8 Å². The van der Waals surface area contributed by atoms with Gasteiger partial charge in [0.05, 0.1) is 19.1 Å². The summed E-state index contributed by atoms with van der Waals surface area (Å²) >= 11 is 3.12. The minimum absolute atomic E-state index is 0.0183. The first kappa shape index (κ1) is 20.7. The summed E-state index contributed by atoms with van der Waals surface area (Å²) in [5, 5.41) is 7.59. The number of nitrogens with zero attached hydrogens (tertiary/aromatic N) is 2. The molecule has 3 rings (SSSR count). The van der Waals surface area contributed by atoms with Crippen molar-refractivity contribution < 1.29 is 17.7 Å². The third-order valence-corrected chi connectivity index (χ3v) is 7.61. The van der Waals surface area contributed by atoms with Gasteiger partial charge in [0.2, 0.25) is 15.9 Å². The molecule has 3 heterocycles. The topological polar surface area (TPSA) is 92.5 Å². The smallest absolute Gasteiger partial charge is 0.246 e. The lowest BCUT2D eigenvalue weighted by atomic mass is 10.2. The van der Waals surface area contributed by atoms with Gasteiger partial charge in [-0.25, -0.2) is 8.42 Å². The monoisotopic (exact) mass is 439 g/mol. The molecule has 0 aliphatic carbocycles. The van der Waals surface area contributed by atoms with E-state index in [2.05, 4.69) is 9.88 Å². The lowest BCUT2D eigenvalue weighted by molar-refractivity contribution is -0.133. The van der Waals surface area contributed by atoms with E-state index < -0.39 is 16.1 Å². The molecule has 0 aliphatic heterocycles. The highest BCUT2D eigenvalue weighted by Gasteiger charge is 2.30. The lowest BCUT2D eigenvalue weighted by Gasteiger charge is -2.25. The van der Waals surface area contributed by atoms with Crippen LogP contribution in [0, 0.1) is 13.8 Å². The van der Waals surface area contributed by atoms with Crippen LogP contribution in [0.4, 0.5) is 0 Å². The number of thiophene rings is 2. The Labute approximate surface area is 172 Å². The number of aromatic nitrogens is 1. The third kappa shape index (κ3) is 4.69. The van der Waals surface area contributed by atoms with Crippen molar-refractivity contribution in [1.29, 1.82) is 0 Å². The number of hydrogen-bond donors (Lipinski definition) is 1. The van der Waals surface area contributed by atoms with E-state index in [0.29, 0.717) is 13.1 Å². The largest absolute Gasteiger partial charge is 0.360 e. The van der Waals surface area contributed by atoms with Gasteiger partial charge < -0.3 is 9.42 Å². The first-order valence-corrected chi connectivity index (χ1v) is 11.8. The minimum Gasteiger partial charge on any atom is -0.360 e. The van der Waals surface area contributed by atoms with Gasteiger partial charge in [0.1, 0.15) is 10.6 Å². The van der Waals surface area contributed by atoms with Crippen LogP contribution in [0.15, 0.2) is 44.4 Å². The van der Waals surface area contributed by atoms with Crippen LogP contribution in [-0.2, 0) is 27.9 Å². The molecule has 10 heteroatoms. The molecule has 0 aliphatic rings. The van der Waals surface area contributed by atoms with Gasteiger partial charge in [0, 0.05) is 9.75 Å². The molecule has 7 nitrogen and oxygen atoms in total. The average molecular weight is 440 g/mol. The summed E-state index contributed by atoms with van der Waals surface area (Å²) in [7, 11) is -3.93. The summed E-state index contributed by atoms with van der Waals surface area (Å²) in [4.78, 5) is 16.8. The Bertz CT molecular complexity index is 969. The average Bonchev–Trinajstić information content (AvgIpc) is 3.37. The first-order chi connectivity index (χ1) is 13.3. The van der Waals surface area contributed by atoms with Crippen LogP contribution in [0.25, 0.3) is 0 Å². The molecular weight excluding hydrogens is 418 g/mol. The maximum Gasteiger partial charge on any atom is 0.246 e. The second-order valence-corrected chi connectivity index (χ2v) is 10.1. The van der Waals surface area contributed by atoms with E-state index in [9.17, 15) is 13.2 Å². The molecular formula is C18H21N3O4S3. The maximum atomic E-state index is 13.1. The lowest BCUT2D eigenvalue weighted by Crippen LogP contribution is -2.46. The molecule has 0 unspecified atom stereocenters. The molecule has 3 aromatic rings. The predicted octanol–water partition coefficient (Wildman–Crippen LogP) is 3.31. The van der Waals surface area contributed by atoms with Crippen molar-refractivity contribution in [3.05, 3.63) is 56.2 Å². The van der Waals surface area contributed by atoms with Crippen LogP contribution >= 0.6 is 22.7 Å². The maximum absolute atomic E-state index is 13.1. The third-order valence-electron chi connectivity index (χ3n) is 4.10. The Balaban J connectivity index is 1.79. The first-order valence-electron chi connectivity index (χ1n) is 8.56. The number of hydrogen-bond acceptors (Lipinski definition) is 7. The van der Waals surface area contributed by atoms with Crippen LogP contribution in [0.1, 0.15) is 28.1 Å². The van der Waals surface area contributed by atoms with E-state index in [4.69, 9.17) is 4.52 Å². The Morgan fingerprint density at radius 2 is 1.75 bits per heavy atom. The highest BCUT2D eigenvalue weighted by Crippen LogP contribution is 2.21. The molecule has 0 saturated carbocycles. The molecule has 1 amide bonds. The molecule has 1 atom stereocenters. The van der Waals surface area contributed by atoms with E-state index in [1.807, 2.05) is 35.0 Å².